The van der Waals surface area contributed by atoms with Gasteiger partial charge in [0.15, 0.2) is 0 Å². The number of unbranched alkanes of at least 4 members (excludes halogenated alkanes) is 1. The molecular formula is C16H28S. The highest BCUT2D eigenvalue weighted by Crippen LogP contribution is 2.31. The first-order valence-corrected chi connectivity index (χ1v) is 8.03. The molecule has 0 fully saturated rings. The minimum Gasteiger partial charge on any atom is -0.145 e. The van der Waals surface area contributed by atoms with Gasteiger partial charge in [0.1, 0.15) is 0 Å². The molecule has 17 heavy (non-hydrogen) atoms. The van der Waals surface area contributed by atoms with E-state index in [1.54, 1.807) is 20.9 Å². The zero-order valence-corrected chi connectivity index (χ0v) is 13.0. The second-order valence-electron chi connectivity index (χ2n) is 5.15. The summed E-state index contributed by atoms with van der Waals surface area (Å²) in [6.45, 7) is 11.5. The molecular weight excluding hydrogens is 224 g/mol. The molecule has 0 radical (unpaired) electrons. The van der Waals surface area contributed by atoms with E-state index in [1.165, 1.54) is 38.5 Å². The summed E-state index contributed by atoms with van der Waals surface area (Å²) in [7, 11) is 0. The molecule has 0 saturated heterocycles. The summed E-state index contributed by atoms with van der Waals surface area (Å²) >= 11 is 2.00. The van der Waals surface area contributed by atoms with Crippen molar-refractivity contribution in [2.24, 2.45) is 5.92 Å². The van der Waals surface area contributed by atoms with Gasteiger partial charge in [-0.2, -0.15) is 0 Å². The average Bonchev–Trinajstić information content (AvgIpc) is 2.58. The van der Waals surface area contributed by atoms with Crippen molar-refractivity contribution in [1.82, 2.24) is 0 Å². The largest absolute Gasteiger partial charge is 0.145 e. The zero-order valence-electron chi connectivity index (χ0n) is 12.2. The van der Waals surface area contributed by atoms with Crippen LogP contribution in [0.3, 0.4) is 0 Å². The van der Waals surface area contributed by atoms with Crippen molar-refractivity contribution < 1.29 is 0 Å². The van der Waals surface area contributed by atoms with Crippen LogP contribution < -0.4 is 0 Å². The minimum absolute atomic E-state index is 0.896. The maximum absolute atomic E-state index is 2.35. The molecule has 1 aromatic rings. The molecule has 0 aliphatic rings. The van der Waals surface area contributed by atoms with Gasteiger partial charge >= 0.3 is 0 Å². The maximum Gasteiger partial charge on any atom is 0.00519 e. The van der Waals surface area contributed by atoms with Crippen LogP contribution in [0.5, 0.6) is 0 Å². The Kier molecular flexibility index (Phi) is 6.26. The quantitative estimate of drug-likeness (QED) is 0.585. The summed E-state index contributed by atoms with van der Waals surface area (Å²) in [5, 5.41) is 0. The maximum atomic E-state index is 2.35. The van der Waals surface area contributed by atoms with Gasteiger partial charge in [-0.3, -0.25) is 0 Å². The van der Waals surface area contributed by atoms with Crippen LogP contribution in [0.2, 0.25) is 0 Å². The fourth-order valence-electron chi connectivity index (χ4n) is 2.74. The lowest BCUT2D eigenvalue weighted by Gasteiger charge is -2.15. The first kappa shape index (κ1) is 14.8. The lowest BCUT2D eigenvalue weighted by Crippen LogP contribution is -2.05. The van der Waals surface area contributed by atoms with Crippen LogP contribution in [0.4, 0.5) is 0 Å². The van der Waals surface area contributed by atoms with E-state index in [1.807, 2.05) is 11.3 Å². The Balaban J connectivity index is 2.77. The van der Waals surface area contributed by atoms with Crippen molar-refractivity contribution in [1.29, 1.82) is 0 Å². The molecule has 98 valence electrons. The molecule has 0 saturated carbocycles. The molecule has 1 heterocycles. The Morgan fingerprint density at radius 2 is 1.65 bits per heavy atom. The standard InChI is InChI=1S/C16H28S/c1-6-9-10-14(7-2)11-16-13(5)17-12(4)15(16)8-3/h14H,6-11H2,1-5H3. The van der Waals surface area contributed by atoms with Crippen LogP contribution in [0.1, 0.15) is 67.3 Å². The van der Waals surface area contributed by atoms with Crippen molar-refractivity contribution in [2.45, 2.75) is 73.1 Å². The van der Waals surface area contributed by atoms with Crippen LogP contribution in [-0.2, 0) is 12.8 Å². The van der Waals surface area contributed by atoms with Crippen LogP contribution in [0.15, 0.2) is 0 Å². The van der Waals surface area contributed by atoms with E-state index in [0.29, 0.717) is 0 Å². The third-order valence-electron chi connectivity index (χ3n) is 3.91. The van der Waals surface area contributed by atoms with Gasteiger partial charge in [0, 0.05) is 9.75 Å². The second-order valence-corrected chi connectivity index (χ2v) is 6.57. The van der Waals surface area contributed by atoms with E-state index >= 15 is 0 Å². The highest BCUT2D eigenvalue weighted by Gasteiger charge is 2.15. The SMILES string of the molecule is CCCCC(CC)Cc1c(C)sc(C)c1CC. The third kappa shape index (κ3) is 3.84. The van der Waals surface area contributed by atoms with Crippen molar-refractivity contribution in [2.75, 3.05) is 0 Å². The predicted octanol–water partition coefficient (Wildman–Crippen LogP) is 5.69. The molecule has 0 bridgehead atoms. The fourth-order valence-corrected chi connectivity index (χ4v) is 3.92. The topological polar surface area (TPSA) is 0 Å². The molecule has 0 aliphatic carbocycles. The molecule has 1 atom stereocenters. The number of thiophene rings is 1. The van der Waals surface area contributed by atoms with Gasteiger partial charge in [-0.15, -0.1) is 11.3 Å². The van der Waals surface area contributed by atoms with Gasteiger partial charge in [0.2, 0.25) is 0 Å². The molecule has 1 heteroatoms. The van der Waals surface area contributed by atoms with E-state index in [4.69, 9.17) is 0 Å². The molecule has 1 aromatic heterocycles. The van der Waals surface area contributed by atoms with Crippen molar-refractivity contribution in [3.8, 4) is 0 Å². The Labute approximate surface area is 111 Å². The lowest BCUT2D eigenvalue weighted by molar-refractivity contribution is 0.448. The summed E-state index contributed by atoms with van der Waals surface area (Å²) < 4.78 is 0. The third-order valence-corrected chi connectivity index (χ3v) is 5.02. The lowest BCUT2D eigenvalue weighted by atomic mass is 9.89. The number of aryl methyl sites for hydroxylation is 2. The Hall–Kier alpha value is -0.300. The summed E-state index contributed by atoms with van der Waals surface area (Å²) in [5.41, 5.74) is 3.32. The molecule has 0 nitrogen and oxygen atoms in total. The smallest absolute Gasteiger partial charge is 0.00519 e. The molecule has 0 aliphatic heterocycles. The van der Waals surface area contributed by atoms with E-state index in [-0.39, 0.29) is 0 Å². The van der Waals surface area contributed by atoms with Crippen molar-refractivity contribution in [3.05, 3.63) is 20.9 Å². The normalized spacial score (nSPS) is 13.0. The summed E-state index contributed by atoms with van der Waals surface area (Å²) in [4.78, 5) is 3.11. The van der Waals surface area contributed by atoms with Gasteiger partial charge in [-0.25, -0.2) is 0 Å². The Morgan fingerprint density at radius 1 is 1.00 bits per heavy atom. The van der Waals surface area contributed by atoms with Gasteiger partial charge in [0.05, 0.1) is 0 Å². The first-order valence-electron chi connectivity index (χ1n) is 7.21. The van der Waals surface area contributed by atoms with Crippen molar-refractivity contribution in [3.63, 3.8) is 0 Å². The van der Waals surface area contributed by atoms with E-state index in [9.17, 15) is 0 Å². The molecule has 0 aromatic carbocycles. The second kappa shape index (κ2) is 7.20. The predicted molar refractivity (Wildman–Crippen MR) is 80.2 cm³/mol. The molecule has 1 unspecified atom stereocenters. The first-order chi connectivity index (χ1) is 8.13. The Bertz CT molecular complexity index is 336. The minimum atomic E-state index is 0.896. The van der Waals surface area contributed by atoms with Crippen LogP contribution in [-0.4, -0.2) is 0 Å². The monoisotopic (exact) mass is 252 g/mol. The summed E-state index contributed by atoms with van der Waals surface area (Å²) in [5.74, 6) is 0.896. The van der Waals surface area contributed by atoms with E-state index < -0.39 is 0 Å². The van der Waals surface area contributed by atoms with Gasteiger partial charge in [-0.1, -0.05) is 46.5 Å². The summed E-state index contributed by atoms with van der Waals surface area (Å²) in [6.07, 6.45) is 7.98. The average molecular weight is 252 g/mol. The Morgan fingerprint density at radius 3 is 2.18 bits per heavy atom. The molecule has 0 spiro atoms. The number of hydrogen-bond donors (Lipinski definition) is 0. The van der Waals surface area contributed by atoms with Crippen LogP contribution in [0, 0.1) is 19.8 Å². The van der Waals surface area contributed by atoms with Gasteiger partial charge in [0.25, 0.3) is 0 Å². The van der Waals surface area contributed by atoms with Gasteiger partial charge < -0.3 is 0 Å². The van der Waals surface area contributed by atoms with Gasteiger partial charge in [-0.05, 0) is 43.7 Å². The number of hydrogen-bond acceptors (Lipinski definition) is 1. The molecule has 0 N–H and O–H groups in total. The molecule has 0 amide bonds. The summed E-state index contributed by atoms with van der Waals surface area (Å²) in [6, 6.07) is 0. The number of rotatable bonds is 7. The molecule has 1 rings (SSSR count). The van der Waals surface area contributed by atoms with E-state index in [2.05, 4.69) is 34.6 Å². The van der Waals surface area contributed by atoms with Crippen LogP contribution in [0.25, 0.3) is 0 Å². The highest BCUT2D eigenvalue weighted by molar-refractivity contribution is 7.12. The van der Waals surface area contributed by atoms with Crippen LogP contribution >= 0.6 is 11.3 Å². The van der Waals surface area contributed by atoms with Crippen molar-refractivity contribution >= 4 is 11.3 Å². The highest BCUT2D eigenvalue weighted by atomic mass is 32.1. The fraction of sp³-hybridized carbons (Fsp3) is 0.750. The zero-order chi connectivity index (χ0) is 12.8. The van der Waals surface area contributed by atoms with E-state index in [0.717, 1.165) is 5.92 Å².